The van der Waals surface area contributed by atoms with Gasteiger partial charge in [0.25, 0.3) is 5.69 Å². The number of phenols is 2. The van der Waals surface area contributed by atoms with Gasteiger partial charge in [0.2, 0.25) is 0 Å². The lowest BCUT2D eigenvalue weighted by Gasteiger charge is -2.07. The molecule has 0 unspecified atom stereocenters. The van der Waals surface area contributed by atoms with Crippen molar-refractivity contribution in [3.05, 3.63) is 87.1 Å². The van der Waals surface area contributed by atoms with Crippen molar-refractivity contribution in [2.24, 2.45) is 0 Å². The lowest BCUT2D eigenvalue weighted by molar-refractivity contribution is -0.384. The van der Waals surface area contributed by atoms with Crippen LogP contribution in [0, 0.1) is 10.1 Å². The van der Waals surface area contributed by atoms with Gasteiger partial charge in [-0.2, -0.15) is 0 Å². The molecule has 0 saturated heterocycles. The van der Waals surface area contributed by atoms with E-state index in [1.165, 1.54) is 24.3 Å². The van der Waals surface area contributed by atoms with Crippen molar-refractivity contribution in [3.8, 4) is 33.9 Å². The van der Waals surface area contributed by atoms with Crippen molar-refractivity contribution >= 4 is 16.7 Å². The van der Waals surface area contributed by atoms with Crippen LogP contribution in [0.5, 0.6) is 11.5 Å². The summed E-state index contributed by atoms with van der Waals surface area (Å²) in [6, 6.07) is 17.0. The van der Waals surface area contributed by atoms with Crippen molar-refractivity contribution in [1.29, 1.82) is 0 Å². The fourth-order valence-electron chi connectivity index (χ4n) is 2.95. The summed E-state index contributed by atoms with van der Waals surface area (Å²) in [5, 5.41) is 30.2. The molecule has 3 aromatic carbocycles. The van der Waals surface area contributed by atoms with Crippen LogP contribution in [0.4, 0.5) is 5.69 Å². The highest BCUT2D eigenvalue weighted by atomic mass is 16.6. The van der Waals surface area contributed by atoms with Crippen LogP contribution < -0.4 is 5.43 Å². The van der Waals surface area contributed by atoms with Crippen LogP contribution in [0.3, 0.4) is 0 Å². The lowest BCUT2D eigenvalue weighted by Crippen LogP contribution is -2.00. The van der Waals surface area contributed by atoms with Crippen LogP contribution in [0.15, 0.2) is 75.9 Å². The molecule has 0 aliphatic rings. The Morgan fingerprint density at radius 2 is 1.50 bits per heavy atom. The van der Waals surface area contributed by atoms with Crippen molar-refractivity contribution in [3.63, 3.8) is 0 Å². The molecule has 0 aliphatic heterocycles. The maximum absolute atomic E-state index is 12.4. The van der Waals surface area contributed by atoms with E-state index in [0.29, 0.717) is 11.3 Å². The standard InChI is InChI=1S/C21H13NO6/c23-17-10-20(28-21-11-19(25)18(24)9-16(17)21)14-3-1-2-13(8-14)12-4-6-15(7-5-12)22(26)27/h1-11,24-25H. The molecule has 0 radical (unpaired) electrons. The Balaban J connectivity index is 1.80. The fourth-order valence-corrected chi connectivity index (χ4v) is 2.95. The molecular formula is C21H13NO6. The monoisotopic (exact) mass is 375 g/mol. The number of benzene rings is 3. The molecule has 0 atom stereocenters. The normalized spacial score (nSPS) is 10.9. The summed E-state index contributed by atoms with van der Waals surface area (Å²) in [7, 11) is 0. The topological polar surface area (TPSA) is 114 Å². The third-order valence-electron chi connectivity index (χ3n) is 4.38. The molecule has 0 saturated carbocycles. The number of nitrogens with zero attached hydrogens (tertiary/aromatic N) is 1. The Bertz CT molecular complexity index is 1270. The maximum Gasteiger partial charge on any atom is 0.269 e. The van der Waals surface area contributed by atoms with Gasteiger partial charge in [-0.05, 0) is 35.4 Å². The van der Waals surface area contributed by atoms with Gasteiger partial charge in [0.05, 0.1) is 10.3 Å². The zero-order chi connectivity index (χ0) is 19.8. The van der Waals surface area contributed by atoms with Crippen LogP contribution in [-0.2, 0) is 0 Å². The van der Waals surface area contributed by atoms with E-state index in [9.17, 15) is 25.1 Å². The molecule has 4 aromatic rings. The summed E-state index contributed by atoms with van der Waals surface area (Å²) in [6.45, 7) is 0. The average molecular weight is 375 g/mol. The van der Waals surface area contributed by atoms with Crippen LogP contribution in [0.1, 0.15) is 0 Å². The largest absolute Gasteiger partial charge is 0.504 e. The van der Waals surface area contributed by atoms with E-state index in [4.69, 9.17) is 4.42 Å². The number of hydrogen-bond donors (Lipinski definition) is 2. The summed E-state index contributed by atoms with van der Waals surface area (Å²) < 4.78 is 5.75. The molecule has 1 aromatic heterocycles. The van der Waals surface area contributed by atoms with Gasteiger partial charge in [-0.1, -0.05) is 18.2 Å². The zero-order valence-electron chi connectivity index (χ0n) is 14.3. The smallest absolute Gasteiger partial charge is 0.269 e. The van der Waals surface area contributed by atoms with E-state index in [2.05, 4.69) is 0 Å². The van der Waals surface area contributed by atoms with E-state index < -0.39 is 10.7 Å². The van der Waals surface area contributed by atoms with Gasteiger partial charge in [-0.3, -0.25) is 14.9 Å². The Hall–Kier alpha value is -4.13. The van der Waals surface area contributed by atoms with Crippen molar-refractivity contribution in [2.75, 3.05) is 0 Å². The summed E-state index contributed by atoms with van der Waals surface area (Å²) in [5.74, 6) is -0.480. The number of phenolic OH excluding ortho intramolecular Hbond substituents is 2. The summed E-state index contributed by atoms with van der Waals surface area (Å²) in [6.07, 6.45) is 0. The van der Waals surface area contributed by atoms with E-state index in [1.54, 1.807) is 30.3 Å². The fraction of sp³-hybridized carbons (Fsp3) is 0. The number of non-ortho nitro benzene ring substituents is 1. The Labute approximate surface area is 157 Å². The van der Waals surface area contributed by atoms with Crippen LogP contribution in [0.25, 0.3) is 33.4 Å². The van der Waals surface area contributed by atoms with E-state index in [1.807, 2.05) is 6.07 Å². The van der Waals surface area contributed by atoms with Gasteiger partial charge < -0.3 is 14.6 Å². The van der Waals surface area contributed by atoms with Gasteiger partial charge in [-0.25, -0.2) is 0 Å². The second-order valence-electron chi connectivity index (χ2n) is 6.20. The van der Waals surface area contributed by atoms with E-state index >= 15 is 0 Å². The second kappa shape index (κ2) is 6.55. The Morgan fingerprint density at radius 1 is 0.821 bits per heavy atom. The van der Waals surface area contributed by atoms with Gasteiger partial charge >= 0.3 is 0 Å². The summed E-state index contributed by atoms with van der Waals surface area (Å²) >= 11 is 0. The Morgan fingerprint density at radius 3 is 2.21 bits per heavy atom. The molecule has 7 nitrogen and oxygen atoms in total. The van der Waals surface area contributed by atoms with Crippen molar-refractivity contribution < 1.29 is 19.6 Å². The van der Waals surface area contributed by atoms with Crippen molar-refractivity contribution in [1.82, 2.24) is 0 Å². The number of nitro benzene ring substituents is 1. The minimum absolute atomic E-state index is 0.00323. The first-order valence-corrected chi connectivity index (χ1v) is 8.27. The van der Waals surface area contributed by atoms with E-state index in [0.717, 1.165) is 17.2 Å². The summed E-state index contributed by atoms with van der Waals surface area (Å²) in [4.78, 5) is 22.7. The molecule has 2 N–H and O–H groups in total. The highest BCUT2D eigenvalue weighted by Gasteiger charge is 2.12. The number of rotatable bonds is 3. The summed E-state index contributed by atoms with van der Waals surface area (Å²) in [5.41, 5.74) is 2.00. The Kier molecular flexibility index (Phi) is 4.04. The second-order valence-corrected chi connectivity index (χ2v) is 6.20. The highest BCUT2D eigenvalue weighted by Crippen LogP contribution is 2.32. The van der Waals surface area contributed by atoms with Gasteiger partial charge in [0.1, 0.15) is 11.3 Å². The van der Waals surface area contributed by atoms with E-state index in [-0.39, 0.29) is 27.8 Å². The molecule has 0 amide bonds. The number of hydrogen-bond acceptors (Lipinski definition) is 6. The zero-order valence-corrected chi connectivity index (χ0v) is 14.3. The average Bonchev–Trinajstić information content (AvgIpc) is 2.69. The van der Waals surface area contributed by atoms with Crippen LogP contribution >= 0.6 is 0 Å². The van der Waals surface area contributed by atoms with Crippen molar-refractivity contribution in [2.45, 2.75) is 0 Å². The minimum atomic E-state index is -0.461. The molecule has 4 rings (SSSR count). The first kappa shape index (κ1) is 17.3. The number of aromatic hydroxyl groups is 2. The van der Waals surface area contributed by atoms with Gasteiger partial charge in [0.15, 0.2) is 16.9 Å². The third kappa shape index (κ3) is 3.05. The molecule has 1 heterocycles. The number of fused-ring (bicyclic) bond motifs is 1. The molecule has 138 valence electrons. The SMILES string of the molecule is O=c1cc(-c2cccc(-c3ccc([N+](=O)[O-])cc3)c2)oc2cc(O)c(O)cc12. The predicted octanol–water partition coefficient (Wildman–Crippen LogP) is 4.45. The molecular weight excluding hydrogens is 362 g/mol. The van der Waals surface area contributed by atoms with Crippen LogP contribution in [-0.4, -0.2) is 15.1 Å². The maximum atomic E-state index is 12.4. The molecule has 0 bridgehead atoms. The van der Waals surface area contributed by atoms with Crippen LogP contribution in [0.2, 0.25) is 0 Å². The predicted molar refractivity (Wildman–Crippen MR) is 103 cm³/mol. The van der Waals surface area contributed by atoms with Gasteiger partial charge in [-0.15, -0.1) is 0 Å². The lowest BCUT2D eigenvalue weighted by atomic mass is 10.0. The number of nitro groups is 1. The quantitative estimate of drug-likeness (QED) is 0.311. The molecule has 28 heavy (non-hydrogen) atoms. The molecule has 0 fully saturated rings. The minimum Gasteiger partial charge on any atom is -0.504 e. The highest BCUT2D eigenvalue weighted by molar-refractivity contribution is 5.82. The van der Waals surface area contributed by atoms with Gasteiger partial charge in [0, 0.05) is 29.8 Å². The first-order valence-electron chi connectivity index (χ1n) is 8.27. The first-order chi connectivity index (χ1) is 13.4. The third-order valence-corrected chi connectivity index (χ3v) is 4.38. The molecule has 0 aliphatic carbocycles. The molecule has 0 spiro atoms. The molecule has 7 heteroatoms.